The van der Waals surface area contributed by atoms with Gasteiger partial charge in [-0.2, -0.15) is 0 Å². The van der Waals surface area contributed by atoms with Gasteiger partial charge in [-0.15, -0.1) is 0 Å². The van der Waals surface area contributed by atoms with Crippen molar-refractivity contribution in [2.24, 2.45) is 0 Å². The number of para-hydroxylation sites is 2. The third-order valence-corrected chi connectivity index (χ3v) is 2.61. The molecule has 1 heterocycles. The van der Waals surface area contributed by atoms with Crippen molar-refractivity contribution >= 4 is 11.0 Å². The molecule has 0 aliphatic rings. The Morgan fingerprint density at radius 1 is 1.33 bits per heavy atom. The third-order valence-electron chi connectivity index (χ3n) is 2.61. The third kappa shape index (κ3) is 1.88. The second kappa shape index (κ2) is 4.45. The summed E-state index contributed by atoms with van der Waals surface area (Å²) in [6.45, 7) is 3.28. The SMILES string of the molecule is CCn1c(CCCO)nc2ccccc21. The van der Waals surface area contributed by atoms with Gasteiger partial charge in [-0.05, 0) is 25.5 Å². The average Bonchev–Trinajstić information content (AvgIpc) is 2.63. The minimum absolute atomic E-state index is 0.229. The molecule has 2 rings (SSSR count). The van der Waals surface area contributed by atoms with Gasteiger partial charge >= 0.3 is 0 Å². The van der Waals surface area contributed by atoms with Gasteiger partial charge in [-0.3, -0.25) is 0 Å². The summed E-state index contributed by atoms with van der Waals surface area (Å²) in [5, 5.41) is 8.83. The normalized spacial score (nSPS) is 11.1. The predicted octanol–water partition coefficient (Wildman–Crippen LogP) is 1.98. The molecular formula is C12H16N2O. The van der Waals surface area contributed by atoms with E-state index >= 15 is 0 Å². The Labute approximate surface area is 89.4 Å². The Morgan fingerprint density at radius 2 is 2.13 bits per heavy atom. The van der Waals surface area contributed by atoms with E-state index < -0.39 is 0 Å². The molecule has 0 unspecified atom stereocenters. The average molecular weight is 204 g/mol. The van der Waals surface area contributed by atoms with Gasteiger partial charge in [-0.25, -0.2) is 4.98 Å². The van der Waals surface area contributed by atoms with E-state index in [9.17, 15) is 0 Å². The van der Waals surface area contributed by atoms with Crippen LogP contribution in [0.2, 0.25) is 0 Å². The Kier molecular flexibility index (Phi) is 3.02. The fraction of sp³-hybridized carbons (Fsp3) is 0.417. The highest BCUT2D eigenvalue weighted by Gasteiger charge is 2.07. The van der Waals surface area contributed by atoms with Crippen molar-refractivity contribution in [1.29, 1.82) is 0 Å². The Morgan fingerprint density at radius 3 is 2.87 bits per heavy atom. The second-order valence-corrected chi connectivity index (χ2v) is 3.59. The van der Waals surface area contributed by atoms with Crippen LogP contribution in [0.4, 0.5) is 0 Å². The molecule has 2 aromatic rings. The van der Waals surface area contributed by atoms with Crippen LogP contribution in [-0.4, -0.2) is 21.3 Å². The lowest BCUT2D eigenvalue weighted by Crippen LogP contribution is -2.02. The zero-order valence-corrected chi connectivity index (χ0v) is 8.98. The van der Waals surface area contributed by atoms with Crippen molar-refractivity contribution in [3.05, 3.63) is 30.1 Å². The van der Waals surface area contributed by atoms with Crippen molar-refractivity contribution in [3.63, 3.8) is 0 Å². The van der Waals surface area contributed by atoms with E-state index in [-0.39, 0.29) is 6.61 Å². The van der Waals surface area contributed by atoms with Crippen molar-refractivity contribution in [1.82, 2.24) is 9.55 Å². The zero-order valence-electron chi connectivity index (χ0n) is 8.98. The fourth-order valence-corrected chi connectivity index (χ4v) is 1.91. The number of hydrogen-bond acceptors (Lipinski definition) is 2. The fourth-order valence-electron chi connectivity index (χ4n) is 1.91. The first-order chi connectivity index (χ1) is 7.36. The molecule has 0 radical (unpaired) electrons. The number of fused-ring (bicyclic) bond motifs is 1. The molecular weight excluding hydrogens is 188 g/mol. The number of hydrogen-bond donors (Lipinski definition) is 1. The molecule has 0 atom stereocenters. The van der Waals surface area contributed by atoms with Crippen LogP contribution >= 0.6 is 0 Å². The van der Waals surface area contributed by atoms with E-state index in [2.05, 4.69) is 22.5 Å². The molecule has 0 spiro atoms. The molecule has 3 heteroatoms. The first kappa shape index (κ1) is 10.2. The lowest BCUT2D eigenvalue weighted by molar-refractivity contribution is 0.287. The van der Waals surface area contributed by atoms with Crippen LogP contribution < -0.4 is 0 Å². The minimum Gasteiger partial charge on any atom is -0.396 e. The van der Waals surface area contributed by atoms with Crippen LogP contribution in [0.1, 0.15) is 19.2 Å². The molecule has 0 bridgehead atoms. The predicted molar refractivity (Wildman–Crippen MR) is 60.8 cm³/mol. The van der Waals surface area contributed by atoms with Gasteiger partial charge in [0.25, 0.3) is 0 Å². The summed E-state index contributed by atoms with van der Waals surface area (Å²) in [7, 11) is 0. The molecule has 0 aliphatic carbocycles. The van der Waals surface area contributed by atoms with Gasteiger partial charge in [0, 0.05) is 19.6 Å². The zero-order chi connectivity index (χ0) is 10.7. The van der Waals surface area contributed by atoms with Crippen LogP contribution in [0.3, 0.4) is 0 Å². The van der Waals surface area contributed by atoms with Gasteiger partial charge in [0.05, 0.1) is 11.0 Å². The van der Waals surface area contributed by atoms with Gasteiger partial charge in [-0.1, -0.05) is 12.1 Å². The van der Waals surface area contributed by atoms with Crippen molar-refractivity contribution < 1.29 is 5.11 Å². The van der Waals surface area contributed by atoms with E-state index in [1.165, 1.54) is 5.52 Å². The summed E-state index contributed by atoms with van der Waals surface area (Å²) in [5.74, 6) is 1.08. The number of aryl methyl sites for hydroxylation is 2. The number of benzene rings is 1. The van der Waals surface area contributed by atoms with E-state index in [0.717, 1.165) is 30.7 Å². The molecule has 1 N–H and O–H groups in total. The summed E-state index contributed by atoms with van der Waals surface area (Å²) in [6, 6.07) is 8.16. The Balaban J connectivity index is 2.44. The van der Waals surface area contributed by atoms with Crippen molar-refractivity contribution in [2.45, 2.75) is 26.3 Å². The smallest absolute Gasteiger partial charge is 0.109 e. The lowest BCUT2D eigenvalue weighted by atomic mass is 10.3. The molecule has 1 aromatic heterocycles. The Hall–Kier alpha value is -1.35. The molecule has 0 saturated heterocycles. The van der Waals surface area contributed by atoms with Crippen LogP contribution in [0, 0.1) is 0 Å². The standard InChI is InChI=1S/C12H16N2O/c1-2-14-11-7-4-3-6-10(11)13-12(14)8-5-9-15/h3-4,6-7,15H,2,5,8-9H2,1H3. The second-order valence-electron chi connectivity index (χ2n) is 3.59. The number of aliphatic hydroxyl groups excluding tert-OH is 1. The van der Waals surface area contributed by atoms with E-state index in [4.69, 9.17) is 5.11 Å². The maximum Gasteiger partial charge on any atom is 0.109 e. The first-order valence-electron chi connectivity index (χ1n) is 5.41. The molecule has 0 amide bonds. The largest absolute Gasteiger partial charge is 0.396 e. The van der Waals surface area contributed by atoms with Gasteiger partial charge in [0.2, 0.25) is 0 Å². The highest BCUT2D eigenvalue weighted by molar-refractivity contribution is 5.75. The molecule has 3 nitrogen and oxygen atoms in total. The van der Waals surface area contributed by atoms with E-state index in [1.807, 2.05) is 18.2 Å². The summed E-state index contributed by atoms with van der Waals surface area (Å²) >= 11 is 0. The number of aliphatic hydroxyl groups is 1. The monoisotopic (exact) mass is 204 g/mol. The van der Waals surface area contributed by atoms with Crippen molar-refractivity contribution in [3.8, 4) is 0 Å². The summed E-state index contributed by atoms with van der Waals surface area (Å²) in [5.41, 5.74) is 2.24. The molecule has 0 aliphatic heterocycles. The Bertz CT molecular complexity index is 448. The summed E-state index contributed by atoms with van der Waals surface area (Å²) in [6.07, 6.45) is 1.63. The van der Waals surface area contributed by atoms with Crippen LogP contribution in [0.25, 0.3) is 11.0 Å². The maximum absolute atomic E-state index is 8.83. The molecule has 1 aromatic carbocycles. The molecule has 15 heavy (non-hydrogen) atoms. The highest BCUT2D eigenvalue weighted by atomic mass is 16.2. The molecule has 80 valence electrons. The quantitative estimate of drug-likeness (QED) is 0.827. The lowest BCUT2D eigenvalue weighted by Gasteiger charge is -2.04. The summed E-state index contributed by atoms with van der Waals surface area (Å²) < 4.78 is 2.21. The van der Waals surface area contributed by atoms with Gasteiger partial charge in [0.15, 0.2) is 0 Å². The maximum atomic E-state index is 8.83. The van der Waals surface area contributed by atoms with Crippen molar-refractivity contribution in [2.75, 3.05) is 6.61 Å². The summed E-state index contributed by atoms with van der Waals surface area (Å²) in [4.78, 5) is 4.57. The van der Waals surface area contributed by atoms with E-state index in [1.54, 1.807) is 0 Å². The molecule has 0 fully saturated rings. The number of nitrogens with zero attached hydrogens (tertiary/aromatic N) is 2. The molecule has 0 saturated carbocycles. The minimum atomic E-state index is 0.229. The van der Waals surface area contributed by atoms with Gasteiger partial charge in [0.1, 0.15) is 5.82 Å². The van der Waals surface area contributed by atoms with Crippen LogP contribution in [0.5, 0.6) is 0 Å². The number of aromatic nitrogens is 2. The van der Waals surface area contributed by atoms with E-state index in [0.29, 0.717) is 0 Å². The highest BCUT2D eigenvalue weighted by Crippen LogP contribution is 2.16. The van der Waals surface area contributed by atoms with Gasteiger partial charge < -0.3 is 9.67 Å². The number of rotatable bonds is 4. The van der Waals surface area contributed by atoms with Crippen LogP contribution in [0.15, 0.2) is 24.3 Å². The first-order valence-corrected chi connectivity index (χ1v) is 5.41. The topological polar surface area (TPSA) is 38.0 Å². The van der Waals surface area contributed by atoms with Crippen LogP contribution in [-0.2, 0) is 13.0 Å². The number of imidazole rings is 1.